The van der Waals surface area contributed by atoms with E-state index in [0.717, 1.165) is 0 Å². The third kappa shape index (κ3) is 7.34. The Morgan fingerprint density at radius 2 is 2.00 bits per heavy atom. The Bertz CT molecular complexity index is 684. The number of ether oxygens (including phenoxy) is 1. The van der Waals surface area contributed by atoms with Crippen LogP contribution >= 0.6 is 0 Å². The first-order valence-corrected chi connectivity index (χ1v) is 8.20. The molecule has 0 fully saturated rings. The Hall–Kier alpha value is -2.88. The smallest absolute Gasteiger partial charge is 0.328 e. The fraction of sp³-hybridized carbons (Fsp3) is 0.421. The summed E-state index contributed by atoms with van der Waals surface area (Å²) in [5, 5.41) is 5.10. The van der Waals surface area contributed by atoms with E-state index in [1.165, 1.54) is 32.2 Å². The van der Waals surface area contributed by atoms with Gasteiger partial charge < -0.3 is 15.4 Å². The fourth-order valence-corrected chi connectivity index (χ4v) is 2.43. The highest BCUT2D eigenvalue weighted by Gasteiger charge is 2.26. The van der Waals surface area contributed by atoms with Gasteiger partial charge in [-0.1, -0.05) is 12.1 Å². The van der Waals surface area contributed by atoms with Crippen molar-refractivity contribution in [3.8, 4) is 12.3 Å². The van der Waals surface area contributed by atoms with E-state index in [1.807, 2.05) is 0 Å². The summed E-state index contributed by atoms with van der Waals surface area (Å²) >= 11 is 0. The summed E-state index contributed by atoms with van der Waals surface area (Å²) in [4.78, 5) is 35.9. The third-order valence-corrected chi connectivity index (χ3v) is 3.64. The second-order valence-corrected chi connectivity index (χ2v) is 5.77. The SMILES string of the molecule is C#CCCC[C@H](NC(=O)[C@H](Cc1cccc(F)c1)NC(C)=O)C(=O)OC. The van der Waals surface area contributed by atoms with Crippen LogP contribution in [-0.2, 0) is 25.5 Å². The van der Waals surface area contributed by atoms with E-state index in [9.17, 15) is 18.8 Å². The summed E-state index contributed by atoms with van der Waals surface area (Å²) in [6.45, 7) is 1.27. The molecule has 2 N–H and O–H groups in total. The molecule has 2 atom stereocenters. The molecule has 7 heteroatoms. The zero-order valence-corrected chi connectivity index (χ0v) is 14.9. The van der Waals surface area contributed by atoms with Crippen molar-refractivity contribution in [1.82, 2.24) is 10.6 Å². The molecular weight excluding hydrogens is 339 g/mol. The predicted octanol–water partition coefficient (Wildman–Crippen LogP) is 1.33. The molecule has 0 aliphatic rings. The standard InChI is InChI=1S/C19H23FN2O4/c1-4-5-6-10-16(19(25)26-3)22-18(24)17(21-13(2)23)12-14-8-7-9-15(20)11-14/h1,7-9,11,16-17H,5-6,10,12H2,2-3H3,(H,21,23)(H,22,24)/t16-,17-/m0/s1. The Labute approximate surface area is 152 Å². The number of esters is 1. The predicted molar refractivity (Wildman–Crippen MR) is 94.3 cm³/mol. The lowest BCUT2D eigenvalue weighted by Crippen LogP contribution is -2.52. The van der Waals surface area contributed by atoms with E-state index in [2.05, 4.69) is 16.6 Å². The molecule has 6 nitrogen and oxygen atoms in total. The van der Waals surface area contributed by atoms with Crippen LogP contribution in [0.4, 0.5) is 4.39 Å². The number of hydrogen-bond acceptors (Lipinski definition) is 4. The van der Waals surface area contributed by atoms with Crippen molar-refractivity contribution in [2.75, 3.05) is 7.11 Å². The van der Waals surface area contributed by atoms with Gasteiger partial charge >= 0.3 is 5.97 Å². The second-order valence-electron chi connectivity index (χ2n) is 5.77. The topological polar surface area (TPSA) is 84.5 Å². The first-order chi connectivity index (χ1) is 12.4. The first kappa shape index (κ1) is 21.2. The van der Waals surface area contributed by atoms with Crippen LogP contribution in [0.15, 0.2) is 24.3 Å². The van der Waals surface area contributed by atoms with Crippen LogP contribution in [0, 0.1) is 18.2 Å². The summed E-state index contributed by atoms with van der Waals surface area (Å²) in [7, 11) is 1.22. The monoisotopic (exact) mass is 362 g/mol. The molecule has 140 valence electrons. The lowest BCUT2D eigenvalue weighted by Gasteiger charge is -2.22. The number of carbonyl (C=O) groups excluding carboxylic acids is 3. The number of unbranched alkanes of at least 4 members (excludes halogenated alkanes) is 1. The van der Waals surface area contributed by atoms with Crippen LogP contribution in [0.3, 0.4) is 0 Å². The minimum atomic E-state index is -0.950. The number of methoxy groups -OCH3 is 1. The van der Waals surface area contributed by atoms with Crippen LogP contribution in [0.2, 0.25) is 0 Å². The number of rotatable bonds is 9. The van der Waals surface area contributed by atoms with Crippen LogP contribution in [0.5, 0.6) is 0 Å². The van der Waals surface area contributed by atoms with E-state index < -0.39 is 35.7 Å². The molecule has 26 heavy (non-hydrogen) atoms. The summed E-state index contributed by atoms with van der Waals surface area (Å²) < 4.78 is 18.0. The van der Waals surface area contributed by atoms with Gasteiger partial charge in [0.25, 0.3) is 0 Å². The van der Waals surface area contributed by atoms with E-state index >= 15 is 0 Å². The Morgan fingerprint density at radius 1 is 1.27 bits per heavy atom. The third-order valence-electron chi connectivity index (χ3n) is 3.64. The molecule has 0 aliphatic heterocycles. The first-order valence-electron chi connectivity index (χ1n) is 8.20. The summed E-state index contributed by atoms with van der Waals surface area (Å²) in [5.41, 5.74) is 0.542. The number of carbonyl (C=O) groups is 3. The highest BCUT2D eigenvalue weighted by atomic mass is 19.1. The van der Waals surface area contributed by atoms with E-state index in [-0.39, 0.29) is 6.42 Å². The van der Waals surface area contributed by atoms with Gasteiger partial charge in [0.1, 0.15) is 17.9 Å². The largest absolute Gasteiger partial charge is 0.467 e. The number of amides is 2. The van der Waals surface area contributed by atoms with Crippen LogP contribution < -0.4 is 10.6 Å². The highest BCUT2D eigenvalue weighted by Crippen LogP contribution is 2.08. The van der Waals surface area contributed by atoms with Gasteiger partial charge in [-0.15, -0.1) is 12.3 Å². The molecule has 0 saturated heterocycles. The van der Waals surface area contributed by atoms with Gasteiger partial charge in [-0.25, -0.2) is 9.18 Å². The molecule has 2 amide bonds. The molecule has 1 aromatic carbocycles. The minimum Gasteiger partial charge on any atom is -0.467 e. The summed E-state index contributed by atoms with van der Waals surface area (Å²) in [6, 6.07) is 3.92. The van der Waals surface area contributed by atoms with E-state index in [4.69, 9.17) is 11.2 Å². The lowest BCUT2D eigenvalue weighted by molar-refractivity contribution is -0.145. The van der Waals surface area contributed by atoms with Crippen LogP contribution in [0.25, 0.3) is 0 Å². The van der Waals surface area contributed by atoms with Gasteiger partial charge in [-0.05, 0) is 30.5 Å². The maximum Gasteiger partial charge on any atom is 0.328 e. The number of halogens is 1. The van der Waals surface area contributed by atoms with Gasteiger partial charge in [0.2, 0.25) is 11.8 Å². The van der Waals surface area contributed by atoms with E-state index in [1.54, 1.807) is 6.07 Å². The van der Waals surface area contributed by atoms with Crippen molar-refractivity contribution in [3.63, 3.8) is 0 Å². The fourth-order valence-electron chi connectivity index (χ4n) is 2.43. The number of hydrogen-bond donors (Lipinski definition) is 2. The molecule has 0 radical (unpaired) electrons. The van der Waals surface area contributed by atoms with Crippen molar-refractivity contribution in [2.24, 2.45) is 0 Å². The molecule has 1 rings (SSSR count). The molecule has 1 aromatic rings. The molecule has 0 aliphatic carbocycles. The van der Waals surface area contributed by atoms with Gasteiger partial charge in [0.15, 0.2) is 0 Å². The molecule has 0 spiro atoms. The number of terminal acetylenes is 1. The van der Waals surface area contributed by atoms with Gasteiger partial charge in [0, 0.05) is 19.8 Å². The quantitative estimate of drug-likeness (QED) is 0.394. The van der Waals surface area contributed by atoms with Gasteiger partial charge in [0.05, 0.1) is 7.11 Å². The normalized spacial score (nSPS) is 12.4. The lowest BCUT2D eigenvalue weighted by atomic mass is 10.0. The minimum absolute atomic E-state index is 0.0847. The van der Waals surface area contributed by atoms with Gasteiger partial charge in [-0.2, -0.15) is 0 Å². The molecule has 0 unspecified atom stereocenters. The van der Waals surface area contributed by atoms with Crippen molar-refractivity contribution in [3.05, 3.63) is 35.6 Å². The number of benzene rings is 1. The van der Waals surface area contributed by atoms with E-state index in [0.29, 0.717) is 24.8 Å². The molecular formula is C19H23FN2O4. The zero-order chi connectivity index (χ0) is 19.5. The van der Waals surface area contributed by atoms with Crippen LogP contribution in [-0.4, -0.2) is 37.0 Å². The van der Waals surface area contributed by atoms with Crippen molar-refractivity contribution in [2.45, 2.75) is 44.7 Å². The molecule has 0 aromatic heterocycles. The molecule has 0 bridgehead atoms. The van der Waals surface area contributed by atoms with Crippen molar-refractivity contribution >= 4 is 17.8 Å². The maximum absolute atomic E-state index is 13.4. The van der Waals surface area contributed by atoms with Gasteiger partial charge in [-0.3, -0.25) is 9.59 Å². The Morgan fingerprint density at radius 3 is 2.58 bits per heavy atom. The zero-order valence-electron chi connectivity index (χ0n) is 14.9. The highest BCUT2D eigenvalue weighted by molar-refractivity contribution is 5.90. The average molecular weight is 362 g/mol. The van der Waals surface area contributed by atoms with Crippen molar-refractivity contribution in [1.29, 1.82) is 0 Å². The van der Waals surface area contributed by atoms with Crippen LogP contribution in [0.1, 0.15) is 31.7 Å². The Kier molecular flexibility index (Phi) is 8.85. The average Bonchev–Trinajstić information content (AvgIpc) is 2.59. The molecule has 0 heterocycles. The Balaban J connectivity index is 2.86. The maximum atomic E-state index is 13.4. The summed E-state index contributed by atoms with van der Waals surface area (Å²) in [5.74, 6) is 0.461. The summed E-state index contributed by atoms with van der Waals surface area (Å²) in [6.07, 6.45) is 6.59. The van der Waals surface area contributed by atoms with Crippen molar-refractivity contribution < 1.29 is 23.5 Å². The second kappa shape index (κ2) is 10.9. The number of nitrogens with one attached hydrogen (secondary N) is 2. The molecule has 0 saturated carbocycles.